The summed E-state index contributed by atoms with van der Waals surface area (Å²) in [4.78, 5) is 10.4. The van der Waals surface area contributed by atoms with Gasteiger partial charge < -0.3 is 9.67 Å². The molecule has 1 aromatic heterocycles. The van der Waals surface area contributed by atoms with Gasteiger partial charge in [0, 0.05) is 24.7 Å². The molecule has 0 aliphatic rings. The second kappa shape index (κ2) is 5.04. The first kappa shape index (κ1) is 11.7. The maximum Gasteiger partial charge on any atom is 0.303 e. The van der Waals surface area contributed by atoms with Crippen molar-refractivity contribution in [3.8, 4) is 0 Å². The molecular formula is C14H17NO2. The summed E-state index contributed by atoms with van der Waals surface area (Å²) in [6, 6.07) is 8.51. The number of carboxylic acid groups (broad SMARTS) is 1. The Balaban J connectivity index is 2.03. The summed E-state index contributed by atoms with van der Waals surface area (Å²) >= 11 is 0. The SMILES string of the molecule is Cc1ccc2ccn(CCCCC(=O)O)c2c1. The van der Waals surface area contributed by atoms with E-state index in [1.807, 2.05) is 0 Å². The zero-order valence-corrected chi connectivity index (χ0v) is 10.0. The molecule has 2 aromatic rings. The van der Waals surface area contributed by atoms with Crippen LogP contribution in [-0.4, -0.2) is 15.6 Å². The normalized spacial score (nSPS) is 10.9. The van der Waals surface area contributed by atoms with Gasteiger partial charge in [0.25, 0.3) is 0 Å². The first-order valence-corrected chi connectivity index (χ1v) is 5.94. The summed E-state index contributed by atoms with van der Waals surface area (Å²) in [5.41, 5.74) is 2.49. The zero-order valence-electron chi connectivity index (χ0n) is 10.0. The van der Waals surface area contributed by atoms with Gasteiger partial charge >= 0.3 is 5.97 Å². The van der Waals surface area contributed by atoms with Gasteiger partial charge in [-0.05, 0) is 42.8 Å². The molecule has 3 nitrogen and oxygen atoms in total. The van der Waals surface area contributed by atoms with Crippen molar-refractivity contribution in [3.63, 3.8) is 0 Å². The minimum atomic E-state index is -0.710. The van der Waals surface area contributed by atoms with Crippen LogP contribution in [0.1, 0.15) is 24.8 Å². The molecule has 0 aliphatic heterocycles. The third-order valence-electron chi connectivity index (χ3n) is 2.97. The topological polar surface area (TPSA) is 42.2 Å². The molecule has 0 atom stereocenters. The van der Waals surface area contributed by atoms with Crippen molar-refractivity contribution in [1.82, 2.24) is 4.57 Å². The Morgan fingerprint density at radius 1 is 1.29 bits per heavy atom. The van der Waals surface area contributed by atoms with Gasteiger partial charge in [-0.15, -0.1) is 0 Å². The number of fused-ring (bicyclic) bond motifs is 1. The van der Waals surface area contributed by atoms with Crippen molar-refractivity contribution >= 4 is 16.9 Å². The summed E-state index contributed by atoms with van der Waals surface area (Å²) < 4.78 is 2.20. The fourth-order valence-corrected chi connectivity index (χ4v) is 2.05. The summed E-state index contributed by atoms with van der Waals surface area (Å²) in [6.07, 6.45) is 3.98. The Hall–Kier alpha value is -1.77. The van der Waals surface area contributed by atoms with E-state index in [2.05, 4.69) is 42.0 Å². The van der Waals surface area contributed by atoms with Crippen LogP contribution in [0, 0.1) is 6.92 Å². The summed E-state index contributed by atoms with van der Waals surface area (Å²) in [6.45, 7) is 2.97. The van der Waals surface area contributed by atoms with E-state index >= 15 is 0 Å². The van der Waals surface area contributed by atoms with Crippen LogP contribution >= 0.6 is 0 Å². The van der Waals surface area contributed by atoms with Crippen LogP contribution in [0.5, 0.6) is 0 Å². The molecular weight excluding hydrogens is 214 g/mol. The van der Waals surface area contributed by atoms with E-state index in [0.29, 0.717) is 0 Å². The lowest BCUT2D eigenvalue weighted by Gasteiger charge is -2.05. The maximum absolute atomic E-state index is 10.4. The molecule has 0 aliphatic carbocycles. The number of carboxylic acids is 1. The van der Waals surface area contributed by atoms with Gasteiger partial charge in [0.1, 0.15) is 0 Å². The molecule has 0 spiro atoms. The molecule has 0 radical (unpaired) electrons. The van der Waals surface area contributed by atoms with Crippen LogP contribution in [0.15, 0.2) is 30.5 Å². The lowest BCUT2D eigenvalue weighted by Crippen LogP contribution is -1.99. The van der Waals surface area contributed by atoms with E-state index in [1.54, 1.807) is 0 Å². The molecule has 1 heterocycles. The number of unbranched alkanes of at least 4 members (excludes halogenated alkanes) is 1. The Bertz CT molecular complexity index is 528. The Labute approximate surface area is 101 Å². The lowest BCUT2D eigenvalue weighted by atomic mass is 10.2. The molecule has 0 saturated carbocycles. The van der Waals surface area contributed by atoms with Crippen molar-refractivity contribution in [2.75, 3.05) is 0 Å². The van der Waals surface area contributed by atoms with E-state index in [-0.39, 0.29) is 6.42 Å². The highest BCUT2D eigenvalue weighted by molar-refractivity contribution is 5.80. The highest BCUT2D eigenvalue weighted by Crippen LogP contribution is 2.18. The van der Waals surface area contributed by atoms with E-state index in [9.17, 15) is 4.79 Å². The number of aliphatic carboxylic acids is 1. The number of rotatable bonds is 5. The van der Waals surface area contributed by atoms with Crippen LogP contribution in [0.3, 0.4) is 0 Å². The van der Waals surface area contributed by atoms with Gasteiger partial charge in [-0.1, -0.05) is 12.1 Å². The quantitative estimate of drug-likeness (QED) is 0.803. The minimum absolute atomic E-state index is 0.262. The molecule has 0 amide bonds. The monoisotopic (exact) mass is 231 g/mol. The number of aryl methyl sites for hydroxylation is 2. The molecule has 0 fully saturated rings. The molecule has 1 aromatic carbocycles. The summed E-state index contributed by atoms with van der Waals surface area (Å²) in [5, 5.41) is 9.82. The molecule has 0 unspecified atom stereocenters. The molecule has 3 heteroatoms. The third kappa shape index (κ3) is 2.87. The van der Waals surface area contributed by atoms with Crippen LogP contribution in [0.4, 0.5) is 0 Å². The van der Waals surface area contributed by atoms with Crippen molar-refractivity contribution in [2.24, 2.45) is 0 Å². The second-order valence-corrected chi connectivity index (χ2v) is 4.42. The van der Waals surface area contributed by atoms with Gasteiger partial charge in [-0.25, -0.2) is 0 Å². The number of hydrogen-bond acceptors (Lipinski definition) is 1. The fraction of sp³-hybridized carbons (Fsp3) is 0.357. The first-order chi connectivity index (χ1) is 8.16. The van der Waals surface area contributed by atoms with Gasteiger partial charge in [-0.2, -0.15) is 0 Å². The summed E-state index contributed by atoms with van der Waals surface area (Å²) in [5.74, 6) is -0.710. The number of hydrogen-bond donors (Lipinski definition) is 1. The lowest BCUT2D eigenvalue weighted by molar-refractivity contribution is -0.137. The van der Waals surface area contributed by atoms with Crippen LogP contribution in [0.2, 0.25) is 0 Å². The van der Waals surface area contributed by atoms with Gasteiger partial charge in [0.2, 0.25) is 0 Å². The van der Waals surface area contributed by atoms with Crippen molar-refractivity contribution < 1.29 is 9.90 Å². The number of benzene rings is 1. The first-order valence-electron chi connectivity index (χ1n) is 5.94. The predicted octanol–water partition coefficient (Wildman–Crippen LogP) is 3.20. The molecule has 1 N–H and O–H groups in total. The average molecular weight is 231 g/mol. The van der Waals surface area contributed by atoms with E-state index in [4.69, 9.17) is 5.11 Å². The molecule has 17 heavy (non-hydrogen) atoms. The maximum atomic E-state index is 10.4. The molecule has 0 bridgehead atoms. The van der Waals surface area contributed by atoms with Crippen LogP contribution in [0.25, 0.3) is 10.9 Å². The third-order valence-corrected chi connectivity index (χ3v) is 2.97. The number of aromatic nitrogens is 1. The highest BCUT2D eigenvalue weighted by Gasteiger charge is 2.02. The second-order valence-electron chi connectivity index (χ2n) is 4.42. The van der Waals surface area contributed by atoms with E-state index in [1.165, 1.54) is 16.5 Å². The highest BCUT2D eigenvalue weighted by atomic mass is 16.4. The van der Waals surface area contributed by atoms with Crippen molar-refractivity contribution in [1.29, 1.82) is 0 Å². The smallest absolute Gasteiger partial charge is 0.303 e. The van der Waals surface area contributed by atoms with E-state index < -0.39 is 5.97 Å². The van der Waals surface area contributed by atoms with Gasteiger partial charge in [0.15, 0.2) is 0 Å². The number of carbonyl (C=O) groups is 1. The fourth-order valence-electron chi connectivity index (χ4n) is 2.05. The number of nitrogens with zero attached hydrogens (tertiary/aromatic N) is 1. The Morgan fingerprint density at radius 2 is 2.12 bits per heavy atom. The zero-order chi connectivity index (χ0) is 12.3. The van der Waals surface area contributed by atoms with Gasteiger partial charge in [0.05, 0.1) is 0 Å². The van der Waals surface area contributed by atoms with Crippen molar-refractivity contribution in [2.45, 2.75) is 32.7 Å². The summed E-state index contributed by atoms with van der Waals surface area (Å²) in [7, 11) is 0. The largest absolute Gasteiger partial charge is 0.481 e. The van der Waals surface area contributed by atoms with Crippen LogP contribution in [-0.2, 0) is 11.3 Å². The minimum Gasteiger partial charge on any atom is -0.481 e. The van der Waals surface area contributed by atoms with E-state index in [0.717, 1.165) is 19.4 Å². The Morgan fingerprint density at radius 3 is 2.88 bits per heavy atom. The Kier molecular flexibility index (Phi) is 3.47. The van der Waals surface area contributed by atoms with Crippen molar-refractivity contribution in [3.05, 3.63) is 36.0 Å². The standard InChI is InChI=1S/C14H17NO2/c1-11-5-6-12-7-9-15(13(12)10-11)8-3-2-4-14(16)17/h5-7,9-10H,2-4,8H2,1H3,(H,16,17). The molecule has 90 valence electrons. The van der Waals surface area contributed by atoms with Crippen LogP contribution < -0.4 is 0 Å². The predicted molar refractivity (Wildman–Crippen MR) is 68.2 cm³/mol. The molecule has 2 rings (SSSR count). The molecule has 0 saturated heterocycles. The average Bonchev–Trinajstić information content (AvgIpc) is 2.67. The van der Waals surface area contributed by atoms with Gasteiger partial charge in [-0.3, -0.25) is 4.79 Å².